The predicted octanol–water partition coefficient (Wildman–Crippen LogP) is 2.38. The molecule has 19 heavy (non-hydrogen) atoms. The summed E-state index contributed by atoms with van der Waals surface area (Å²) < 4.78 is 0. The Morgan fingerprint density at radius 2 is 2.00 bits per heavy atom. The number of carboxylic acids is 1. The average Bonchev–Trinajstić information content (AvgIpc) is 2.40. The van der Waals surface area contributed by atoms with Crippen molar-refractivity contribution in [2.45, 2.75) is 51.5 Å². The second-order valence-corrected chi connectivity index (χ2v) is 6.98. The largest absolute Gasteiger partial charge is 0.481 e. The van der Waals surface area contributed by atoms with Crippen LogP contribution in [0.5, 0.6) is 0 Å². The zero-order valence-corrected chi connectivity index (χ0v) is 12.4. The minimum atomic E-state index is -0.792. The van der Waals surface area contributed by atoms with Gasteiger partial charge >= 0.3 is 5.97 Å². The number of carbonyl (C=O) groups excluding carboxylic acids is 1. The van der Waals surface area contributed by atoms with Crippen LogP contribution in [0.1, 0.15) is 45.4 Å². The molecule has 1 unspecified atom stereocenters. The number of nitrogens with zero attached hydrogens (tertiary/aromatic N) is 1. The summed E-state index contributed by atoms with van der Waals surface area (Å²) in [7, 11) is 0. The molecule has 0 radical (unpaired) electrons. The summed E-state index contributed by atoms with van der Waals surface area (Å²) >= 11 is 1.87. The summed E-state index contributed by atoms with van der Waals surface area (Å²) in [6.45, 7) is 2.82. The Balaban J connectivity index is 2.04. The van der Waals surface area contributed by atoms with Crippen molar-refractivity contribution in [1.29, 1.82) is 0 Å². The molecule has 0 aromatic heterocycles. The van der Waals surface area contributed by atoms with Gasteiger partial charge in [-0.15, -0.1) is 0 Å². The minimum absolute atomic E-state index is 0.0390. The second-order valence-electron chi connectivity index (χ2n) is 5.83. The Bertz CT molecular complexity index is 353. The van der Waals surface area contributed by atoms with Crippen LogP contribution in [0, 0.1) is 5.41 Å². The number of hydrogen-bond donors (Lipinski definition) is 1. The van der Waals surface area contributed by atoms with Gasteiger partial charge < -0.3 is 10.0 Å². The van der Waals surface area contributed by atoms with Gasteiger partial charge in [0.1, 0.15) is 0 Å². The number of carboxylic acid groups (broad SMARTS) is 1. The van der Waals surface area contributed by atoms with Crippen molar-refractivity contribution in [3.05, 3.63) is 0 Å². The topological polar surface area (TPSA) is 57.6 Å². The quantitative estimate of drug-likeness (QED) is 0.865. The standard InChI is InChI=1S/C14H23NO3S/c1-11-10-19-8-7-15(11)12(16)9-14(13(17)18)5-3-2-4-6-14/h11H,2-10H2,1H3,(H,17,18). The zero-order valence-electron chi connectivity index (χ0n) is 11.6. The number of carbonyl (C=O) groups is 2. The number of hydrogen-bond acceptors (Lipinski definition) is 3. The molecule has 0 spiro atoms. The lowest BCUT2D eigenvalue weighted by molar-refractivity contribution is -0.156. The highest BCUT2D eigenvalue weighted by molar-refractivity contribution is 7.99. The van der Waals surface area contributed by atoms with Gasteiger partial charge in [-0.05, 0) is 19.8 Å². The van der Waals surface area contributed by atoms with Crippen LogP contribution in [0.4, 0.5) is 0 Å². The van der Waals surface area contributed by atoms with E-state index in [-0.39, 0.29) is 18.4 Å². The summed E-state index contributed by atoms with van der Waals surface area (Å²) in [5.41, 5.74) is -0.792. The van der Waals surface area contributed by atoms with E-state index in [2.05, 4.69) is 6.92 Å². The lowest BCUT2D eigenvalue weighted by Gasteiger charge is -2.38. The van der Waals surface area contributed by atoms with Crippen LogP contribution in [-0.2, 0) is 9.59 Å². The lowest BCUT2D eigenvalue weighted by Crippen LogP contribution is -2.47. The SMILES string of the molecule is CC1CSCCN1C(=O)CC1(C(=O)O)CCCCC1. The molecule has 1 amide bonds. The first-order valence-corrected chi connectivity index (χ1v) is 8.31. The number of thioether (sulfide) groups is 1. The fourth-order valence-electron chi connectivity index (χ4n) is 3.18. The lowest BCUT2D eigenvalue weighted by atomic mass is 9.71. The van der Waals surface area contributed by atoms with Crippen LogP contribution >= 0.6 is 11.8 Å². The first-order valence-electron chi connectivity index (χ1n) is 7.16. The van der Waals surface area contributed by atoms with E-state index in [1.54, 1.807) is 0 Å². The van der Waals surface area contributed by atoms with E-state index < -0.39 is 11.4 Å². The summed E-state index contributed by atoms with van der Waals surface area (Å²) in [5.74, 6) is 1.19. The van der Waals surface area contributed by atoms with E-state index in [1.807, 2.05) is 16.7 Å². The predicted molar refractivity (Wildman–Crippen MR) is 76.3 cm³/mol. The van der Waals surface area contributed by atoms with E-state index in [4.69, 9.17) is 0 Å². The third-order valence-electron chi connectivity index (χ3n) is 4.44. The molecular weight excluding hydrogens is 262 g/mol. The van der Waals surface area contributed by atoms with Gasteiger partial charge in [0.15, 0.2) is 0 Å². The van der Waals surface area contributed by atoms with Gasteiger partial charge in [0.25, 0.3) is 0 Å². The molecular formula is C14H23NO3S. The first-order chi connectivity index (χ1) is 9.05. The molecule has 1 heterocycles. The highest BCUT2D eigenvalue weighted by Gasteiger charge is 2.42. The highest BCUT2D eigenvalue weighted by Crippen LogP contribution is 2.40. The van der Waals surface area contributed by atoms with E-state index >= 15 is 0 Å². The van der Waals surface area contributed by atoms with Gasteiger partial charge in [-0.25, -0.2) is 0 Å². The van der Waals surface area contributed by atoms with Crippen molar-refractivity contribution < 1.29 is 14.7 Å². The maximum absolute atomic E-state index is 12.4. The Hall–Kier alpha value is -0.710. The third kappa shape index (κ3) is 3.25. The molecule has 1 saturated heterocycles. The maximum Gasteiger partial charge on any atom is 0.310 e. The van der Waals surface area contributed by atoms with E-state index in [1.165, 1.54) is 0 Å². The van der Waals surface area contributed by atoms with E-state index in [9.17, 15) is 14.7 Å². The number of rotatable bonds is 3. The molecule has 1 saturated carbocycles. The normalized spacial score (nSPS) is 27.0. The Kier molecular flexibility index (Phi) is 4.76. The monoisotopic (exact) mass is 285 g/mol. The first kappa shape index (κ1) is 14.7. The van der Waals surface area contributed by atoms with Crippen LogP contribution in [-0.4, -0.2) is 46.0 Å². The molecule has 4 nitrogen and oxygen atoms in total. The molecule has 1 aliphatic heterocycles. The van der Waals surface area contributed by atoms with E-state index in [0.717, 1.165) is 37.3 Å². The Morgan fingerprint density at radius 3 is 2.58 bits per heavy atom. The van der Waals surface area contributed by atoms with Gasteiger partial charge in [0.05, 0.1) is 5.41 Å². The van der Waals surface area contributed by atoms with Crippen LogP contribution < -0.4 is 0 Å². The maximum atomic E-state index is 12.4. The summed E-state index contributed by atoms with van der Waals surface area (Å²) in [6.07, 6.45) is 4.48. The Labute approximate surface area is 118 Å². The molecule has 0 bridgehead atoms. The molecule has 108 valence electrons. The van der Waals surface area contributed by atoms with Crippen LogP contribution in [0.25, 0.3) is 0 Å². The molecule has 2 fully saturated rings. The van der Waals surface area contributed by atoms with Crippen molar-refractivity contribution in [2.24, 2.45) is 5.41 Å². The summed E-state index contributed by atoms with van der Waals surface area (Å²) in [4.78, 5) is 25.9. The fourth-order valence-corrected chi connectivity index (χ4v) is 4.20. The van der Waals surface area contributed by atoms with Gasteiger partial charge in [-0.1, -0.05) is 19.3 Å². The van der Waals surface area contributed by atoms with Crippen molar-refractivity contribution >= 4 is 23.6 Å². The second kappa shape index (κ2) is 6.16. The van der Waals surface area contributed by atoms with Gasteiger partial charge in [-0.3, -0.25) is 9.59 Å². The Morgan fingerprint density at radius 1 is 1.32 bits per heavy atom. The van der Waals surface area contributed by atoms with Crippen LogP contribution in [0.3, 0.4) is 0 Å². The molecule has 1 N–H and O–H groups in total. The number of amides is 1. The van der Waals surface area contributed by atoms with Gasteiger partial charge in [-0.2, -0.15) is 11.8 Å². The molecule has 1 atom stereocenters. The van der Waals surface area contributed by atoms with Gasteiger partial charge in [0.2, 0.25) is 5.91 Å². The van der Waals surface area contributed by atoms with Crippen molar-refractivity contribution in [2.75, 3.05) is 18.1 Å². The molecule has 1 aliphatic carbocycles. The average molecular weight is 285 g/mol. The smallest absolute Gasteiger partial charge is 0.310 e. The molecule has 2 aliphatic rings. The highest BCUT2D eigenvalue weighted by atomic mass is 32.2. The van der Waals surface area contributed by atoms with Crippen LogP contribution in [0.2, 0.25) is 0 Å². The van der Waals surface area contributed by atoms with Crippen molar-refractivity contribution in [1.82, 2.24) is 4.90 Å². The fraction of sp³-hybridized carbons (Fsp3) is 0.857. The van der Waals surface area contributed by atoms with Crippen LogP contribution in [0.15, 0.2) is 0 Å². The molecule has 5 heteroatoms. The zero-order chi connectivity index (χ0) is 13.9. The third-order valence-corrected chi connectivity index (χ3v) is 5.63. The molecule has 0 aromatic rings. The summed E-state index contributed by atoms with van der Waals surface area (Å²) in [6, 6.07) is 0.237. The molecule has 0 aromatic carbocycles. The van der Waals surface area contributed by atoms with Crippen molar-refractivity contribution in [3.63, 3.8) is 0 Å². The van der Waals surface area contributed by atoms with E-state index in [0.29, 0.717) is 12.8 Å². The van der Waals surface area contributed by atoms with Gasteiger partial charge in [0, 0.05) is 30.5 Å². The van der Waals surface area contributed by atoms with Crippen molar-refractivity contribution in [3.8, 4) is 0 Å². The minimum Gasteiger partial charge on any atom is -0.481 e. The number of aliphatic carboxylic acids is 1. The summed E-state index contributed by atoms with van der Waals surface area (Å²) in [5, 5.41) is 9.53. The molecule has 2 rings (SSSR count).